The summed E-state index contributed by atoms with van der Waals surface area (Å²) >= 11 is 0. The lowest BCUT2D eigenvalue weighted by atomic mass is 10.0. The molecular weight excluding hydrogens is 236 g/mol. The van der Waals surface area contributed by atoms with Gasteiger partial charge in [-0.05, 0) is 12.3 Å². The zero-order valence-electron chi connectivity index (χ0n) is 19.0. The number of carboxylic acids is 1. The average molecular weight is 277 g/mol. The van der Waals surface area contributed by atoms with Gasteiger partial charge in [-0.3, -0.25) is 4.79 Å². The van der Waals surface area contributed by atoms with Crippen LogP contribution >= 0.6 is 0 Å². The van der Waals surface area contributed by atoms with Crippen molar-refractivity contribution in [1.29, 1.82) is 0 Å². The fraction of sp³-hybridized carbons (Fsp3) is 0.941. The fourth-order valence-electron chi connectivity index (χ4n) is 2.17. The third kappa shape index (κ3) is 17.5. The van der Waals surface area contributed by atoms with E-state index in [-0.39, 0.29) is 12.8 Å². The van der Waals surface area contributed by atoms with E-state index < -0.39 is 25.6 Å². The van der Waals surface area contributed by atoms with Gasteiger partial charge in [-0.25, -0.2) is 0 Å². The van der Waals surface area contributed by atoms with Crippen LogP contribution in [0.25, 0.3) is 0 Å². The monoisotopic (exact) mass is 277 g/mol. The van der Waals surface area contributed by atoms with Gasteiger partial charge in [-0.15, -0.1) is 0 Å². The molecule has 0 aromatic carbocycles. The molecule has 0 rings (SSSR count). The molecule has 0 aromatic heterocycles. The van der Waals surface area contributed by atoms with Crippen LogP contribution in [0.15, 0.2) is 0 Å². The SMILES string of the molecule is [2H]C([2H])([2H])C([2H])(CCCCCCCCCCCCCC(=O)O)C([2H])([2H])[2H]. The van der Waals surface area contributed by atoms with Crippen molar-refractivity contribution < 1.29 is 19.5 Å². The van der Waals surface area contributed by atoms with Gasteiger partial charge in [0, 0.05) is 16.0 Å². The Morgan fingerprint density at radius 1 is 0.895 bits per heavy atom. The maximum atomic E-state index is 10.4. The predicted octanol–water partition coefficient (Wildman–Crippen LogP) is 5.80. The Kier molecular flexibility index (Phi) is 6.88. The lowest BCUT2D eigenvalue weighted by molar-refractivity contribution is -0.137. The average Bonchev–Trinajstić information content (AvgIpc) is 2.49. The van der Waals surface area contributed by atoms with Crippen molar-refractivity contribution in [2.24, 2.45) is 5.89 Å². The van der Waals surface area contributed by atoms with E-state index in [1.54, 1.807) is 0 Å². The van der Waals surface area contributed by atoms with Gasteiger partial charge in [0.2, 0.25) is 0 Å². The molecule has 0 unspecified atom stereocenters. The number of unbranched alkanes of at least 4 members (excludes halogenated alkanes) is 10. The van der Waals surface area contributed by atoms with Crippen LogP contribution in [0.1, 0.15) is 107 Å². The van der Waals surface area contributed by atoms with Crippen molar-refractivity contribution in [3.8, 4) is 0 Å². The number of hydrogen-bond acceptors (Lipinski definition) is 1. The highest BCUT2D eigenvalue weighted by Gasteiger charge is 1.97. The van der Waals surface area contributed by atoms with Crippen LogP contribution in [0.4, 0.5) is 0 Å². The quantitative estimate of drug-likeness (QED) is 0.407. The van der Waals surface area contributed by atoms with E-state index in [1.165, 1.54) is 0 Å². The maximum absolute atomic E-state index is 10.4. The standard InChI is InChI=1S/C17H34O2/c1-16(2)14-12-10-8-6-4-3-5-7-9-11-13-15-17(18)19/h16H,3-15H2,1-2H3,(H,18,19)/i1D3,2D3,16D. The second-order valence-electron chi connectivity index (χ2n) is 5.26. The molecule has 0 aromatic rings. The van der Waals surface area contributed by atoms with Crippen molar-refractivity contribution in [3.63, 3.8) is 0 Å². The van der Waals surface area contributed by atoms with Crippen LogP contribution in [-0.4, -0.2) is 11.1 Å². The smallest absolute Gasteiger partial charge is 0.303 e. The van der Waals surface area contributed by atoms with Crippen LogP contribution in [-0.2, 0) is 4.79 Å². The normalized spacial score (nSPS) is 18.4. The molecule has 114 valence electrons. The first kappa shape index (κ1) is 9.41. The molecule has 0 atom stereocenters. The Balaban J connectivity index is 3.68. The van der Waals surface area contributed by atoms with Crippen LogP contribution < -0.4 is 0 Å². The van der Waals surface area contributed by atoms with Gasteiger partial charge in [-0.2, -0.15) is 0 Å². The van der Waals surface area contributed by atoms with Crippen molar-refractivity contribution in [2.45, 2.75) is 97.2 Å². The first-order valence-corrected chi connectivity index (χ1v) is 7.63. The topological polar surface area (TPSA) is 37.3 Å². The fourth-order valence-corrected chi connectivity index (χ4v) is 2.17. The lowest BCUT2D eigenvalue weighted by Gasteiger charge is -2.04. The summed E-state index contributed by atoms with van der Waals surface area (Å²) in [6.07, 6.45) is 10.6. The molecule has 0 amide bonds. The van der Waals surface area contributed by atoms with Crippen LogP contribution in [0, 0.1) is 5.89 Å². The molecule has 0 radical (unpaired) electrons. The van der Waals surface area contributed by atoms with Crippen molar-refractivity contribution in [3.05, 3.63) is 0 Å². The summed E-state index contributed by atoms with van der Waals surface area (Å²) in [6, 6.07) is 0. The minimum Gasteiger partial charge on any atom is -0.481 e. The Bertz CT molecular complexity index is 378. The second kappa shape index (κ2) is 13.9. The van der Waals surface area contributed by atoms with E-state index in [0.29, 0.717) is 6.42 Å². The molecule has 0 bridgehead atoms. The number of aliphatic carboxylic acids is 1. The van der Waals surface area contributed by atoms with Crippen LogP contribution in [0.3, 0.4) is 0 Å². The highest BCUT2D eigenvalue weighted by molar-refractivity contribution is 5.66. The van der Waals surface area contributed by atoms with Gasteiger partial charge in [0.25, 0.3) is 0 Å². The number of carboxylic acid groups (broad SMARTS) is 1. The summed E-state index contributed by atoms with van der Waals surface area (Å²) in [4.78, 5) is 10.4. The van der Waals surface area contributed by atoms with Gasteiger partial charge in [-0.1, -0.05) is 84.3 Å². The van der Waals surface area contributed by atoms with E-state index in [4.69, 9.17) is 14.7 Å². The van der Waals surface area contributed by atoms with Crippen molar-refractivity contribution >= 4 is 5.97 Å². The van der Waals surface area contributed by atoms with Gasteiger partial charge in [0.15, 0.2) is 0 Å². The highest BCUT2D eigenvalue weighted by atomic mass is 16.4. The van der Waals surface area contributed by atoms with E-state index in [0.717, 1.165) is 64.2 Å². The summed E-state index contributed by atoms with van der Waals surface area (Å²) in [5.74, 6) is -3.11. The molecular formula is C17H34O2. The Hall–Kier alpha value is -0.530. The molecule has 2 heteroatoms. The van der Waals surface area contributed by atoms with Gasteiger partial charge >= 0.3 is 5.97 Å². The summed E-state index contributed by atoms with van der Waals surface area (Å²) in [7, 11) is 0. The highest BCUT2D eigenvalue weighted by Crippen LogP contribution is 2.13. The van der Waals surface area contributed by atoms with E-state index in [9.17, 15) is 4.79 Å². The van der Waals surface area contributed by atoms with E-state index in [1.807, 2.05) is 0 Å². The van der Waals surface area contributed by atoms with Crippen molar-refractivity contribution in [2.75, 3.05) is 0 Å². The predicted molar refractivity (Wildman–Crippen MR) is 82.5 cm³/mol. The van der Waals surface area contributed by atoms with Crippen LogP contribution in [0.2, 0.25) is 0 Å². The summed E-state index contributed by atoms with van der Waals surface area (Å²) in [6.45, 7) is -5.61. The molecule has 0 saturated heterocycles. The molecule has 0 heterocycles. The molecule has 0 fully saturated rings. The lowest BCUT2D eigenvalue weighted by Crippen LogP contribution is -1.93. The van der Waals surface area contributed by atoms with Gasteiger partial charge in [0.1, 0.15) is 0 Å². The number of rotatable bonds is 14. The van der Waals surface area contributed by atoms with Gasteiger partial charge < -0.3 is 5.11 Å². The molecule has 0 aliphatic carbocycles. The third-order valence-corrected chi connectivity index (χ3v) is 3.32. The third-order valence-electron chi connectivity index (χ3n) is 3.32. The Labute approximate surface area is 129 Å². The minimum atomic E-state index is -2.80. The molecule has 1 N–H and O–H groups in total. The van der Waals surface area contributed by atoms with E-state index in [2.05, 4.69) is 0 Å². The molecule has 0 spiro atoms. The molecule has 0 aliphatic rings. The Morgan fingerprint density at radius 2 is 1.32 bits per heavy atom. The van der Waals surface area contributed by atoms with Crippen LogP contribution in [0.5, 0.6) is 0 Å². The minimum absolute atomic E-state index is 0.129. The number of hydrogen-bond donors (Lipinski definition) is 1. The first-order valence-electron chi connectivity index (χ1n) is 11.1. The summed E-state index contributed by atoms with van der Waals surface area (Å²) in [5, 5.41) is 8.53. The Morgan fingerprint density at radius 3 is 1.74 bits per heavy atom. The molecule has 19 heavy (non-hydrogen) atoms. The largest absolute Gasteiger partial charge is 0.481 e. The zero-order valence-corrected chi connectivity index (χ0v) is 12.0. The second-order valence-corrected chi connectivity index (χ2v) is 5.26. The first-order chi connectivity index (χ1) is 11.9. The zero-order chi connectivity index (χ0) is 20.3. The summed E-state index contributed by atoms with van der Waals surface area (Å²) in [5.41, 5.74) is 0. The molecule has 0 saturated carbocycles. The summed E-state index contributed by atoms with van der Waals surface area (Å²) < 4.78 is 52.2. The maximum Gasteiger partial charge on any atom is 0.303 e. The molecule has 2 nitrogen and oxygen atoms in total. The number of carbonyl (C=O) groups is 1. The van der Waals surface area contributed by atoms with Gasteiger partial charge in [0.05, 0.1) is 0 Å². The van der Waals surface area contributed by atoms with E-state index >= 15 is 0 Å². The van der Waals surface area contributed by atoms with Crippen molar-refractivity contribution in [1.82, 2.24) is 0 Å². The molecule has 0 aliphatic heterocycles.